The number of aromatic nitrogens is 2. The molecular formula is C11H8BrN3O2. The summed E-state index contributed by atoms with van der Waals surface area (Å²) in [6.07, 6.45) is 0. The minimum absolute atomic E-state index is 0.157. The number of carbonyl (C=O) groups excluding carboxylic acids is 1. The molecule has 0 aliphatic heterocycles. The Hall–Kier alpha value is -1.95. The summed E-state index contributed by atoms with van der Waals surface area (Å²) in [5.74, 6) is -0.376. The molecule has 0 aliphatic carbocycles. The minimum Gasteiger partial charge on any atom is -0.321 e. The number of hydrogen-bond donors (Lipinski definition) is 2. The highest BCUT2D eigenvalue weighted by molar-refractivity contribution is 9.10. The van der Waals surface area contributed by atoms with Gasteiger partial charge in [0.2, 0.25) is 0 Å². The molecule has 1 heterocycles. The average Bonchev–Trinajstić information content (AvgIpc) is 2.29. The number of nitrogens with one attached hydrogen (secondary N) is 2. The molecule has 1 aromatic carbocycles. The van der Waals surface area contributed by atoms with E-state index in [0.717, 1.165) is 4.47 Å². The fourth-order valence-electron chi connectivity index (χ4n) is 1.23. The predicted octanol–water partition coefficient (Wildman–Crippen LogP) is 1.78. The van der Waals surface area contributed by atoms with Crippen LogP contribution in [0.1, 0.15) is 10.5 Å². The summed E-state index contributed by atoms with van der Waals surface area (Å²) in [6, 6.07) is 9.81. The zero-order chi connectivity index (χ0) is 12.3. The Morgan fingerprint density at radius 1 is 1.29 bits per heavy atom. The van der Waals surface area contributed by atoms with Gasteiger partial charge in [-0.05, 0) is 24.3 Å². The van der Waals surface area contributed by atoms with E-state index >= 15 is 0 Å². The van der Waals surface area contributed by atoms with Gasteiger partial charge < -0.3 is 5.32 Å². The number of halogens is 1. The highest BCUT2D eigenvalue weighted by Crippen LogP contribution is 2.15. The second-order valence-corrected chi connectivity index (χ2v) is 4.19. The maximum absolute atomic E-state index is 11.7. The van der Waals surface area contributed by atoms with Gasteiger partial charge in [-0.3, -0.25) is 9.59 Å². The van der Waals surface area contributed by atoms with Crippen molar-refractivity contribution in [2.45, 2.75) is 0 Å². The first-order valence-electron chi connectivity index (χ1n) is 4.78. The maximum Gasteiger partial charge on any atom is 0.276 e. The molecular weight excluding hydrogens is 286 g/mol. The Bertz CT molecular complexity index is 589. The van der Waals surface area contributed by atoms with Gasteiger partial charge in [0, 0.05) is 16.2 Å². The number of hydrogen-bond acceptors (Lipinski definition) is 3. The van der Waals surface area contributed by atoms with Crippen LogP contribution in [-0.4, -0.2) is 16.1 Å². The third-order valence-electron chi connectivity index (χ3n) is 1.99. The van der Waals surface area contributed by atoms with Crippen molar-refractivity contribution >= 4 is 27.5 Å². The Labute approximate surface area is 105 Å². The fourth-order valence-corrected chi connectivity index (χ4v) is 1.63. The SMILES string of the molecule is O=C(Nc1cccc(Br)c1)c1ccc(=O)[nH]n1. The molecule has 86 valence electrons. The lowest BCUT2D eigenvalue weighted by atomic mass is 10.3. The highest BCUT2D eigenvalue weighted by Gasteiger charge is 2.07. The molecule has 0 spiro atoms. The lowest BCUT2D eigenvalue weighted by Crippen LogP contribution is -2.17. The van der Waals surface area contributed by atoms with Crippen LogP contribution in [0, 0.1) is 0 Å². The number of H-pyrrole nitrogens is 1. The summed E-state index contributed by atoms with van der Waals surface area (Å²) < 4.78 is 0.865. The van der Waals surface area contributed by atoms with Crippen LogP contribution in [0.2, 0.25) is 0 Å². The van der Waals surface area contributed by atoms with Gasteiger partial charge in [-0.2, -0.15) is 5.10 Å². The fraction of sp³-hybridized carbons (Fsp3) is 0. The zero-order valence-electron chi connectivity index (χ0n) is 8.61. The number of benzene rings is 1. The molecule has 0 saturated carbocycles. The van der Waals surface area contributed by atoms with Gasteiger partial charge in [-0.1, -0.05) is 22.0 Å². The topological polar surface area (TPSA) is 74.8 Å². The van der Waals surface area contributed by atoms with Gasteiger partial charge in [-0.25, -0.2) is 5.10 Å². The third kappa shape index (κ3) is 3.01. The van der Waals surface area contributed by atoms with E-state index in [2.05, 4.69) is 31.4 Å². The maximum atomic E-state index is 11.7. The lowest BCUT2D eigenvalue weighted by Gasteiger charge is -2.04. The number of anilines is 1. The summed E-state index contributed by atoms with van der Waals surface area (Å²) in [7, 11) is 0. The van der Waals surface area contributed by atoms with E-state index in [1.807, 2.05) is 6.07 Å². The predicted molar refractivity (Wildman–Crippen MR) is 67.0 cm³/mol. The van der Waals surface area contributed by atoms with Gasteiger partial charge in [-0.15, -0.1) is 0 Å². The van der Waals surface area contributed by atoms with Crippen LogP contribution in [0.3, 0.4) is 0 Å². The van der Waals surface area contributed by atoms with Gasteiger partial charge in [0.25, 0.3) is 11.5 Å². The third-order valence-corrected chi connectivity index (χ3v) is 2.49. The molecule has 2 rings (SSSR count). The van der Waals surface area contributed by atoms with Crippen LogP contribution in [0.25, 0.3) is 0 Å². The summed E-state index contributed by atoms with van der Waals surface area (Å²) in [4.78, 5) is 22.5. The number of amides is 1. The van der Waals surface area contributed by atoms with E-state index < -0.39 is 0 Å². The minimum atomic E-state index is -0.376. The molecule has 0 saturated heterocycles. The van der Waals surface area contributed by atoms with Crippen molar-refractivity contribution in [3.05, 3.63) is 56.9 Å². The molecule has 0 radical (unpaired) electrons. The van der Waals surface area contributed by atoms with Gasteiger partial charge >= 0.3 is 0 Å². The molecule has 0 atom stereocenters. The number of nitrogens with zero attached hydrogens (tertiary/aromatic N) is 1. The molecule has 0 bridgehead atoms. The van der Waals surface area contributed by atoms with Crippen molar-refractivity contribution in [3.8, 4) is 0 Å². The van der Waals surface area contributed by atoms with Crippen LogP contribution in [0.15, 0.2) is 45.7 Å². The second-order valence-electron chi connectivity index (χ2n) is 3.27. The first kappa shape index (κ1) is 11.5. The van der Waals surface area contributed by atoms with E-state index in [1.165, 1.54) is 12.1 Å². The van der Waals surface area contributed by atoms with Crippen LogP contribution >= 0.6 is 15.9 Å². The molecule has 1 amide bonds. The van der Waals surface area contributed by atoms with E-state index in [-0.39, 0.29) is 17.2 Å². The van der Waals surface area contributed by atoms with Crippen molar-refractivity contribution in [2.24, 2.45) is 0 Å². The standard InChI is InChI=1S/C11H8BrN3O2/c12-7-2-1-3-8(6-7)13-11(17)9-4-5-10(16)15-14-9/h1-6H,(H,13,17)(H,15,16). The largest absolute Gasteiger partial charge is 0.321 e. The molecule has 5 nitrogen and oxygen atoms in total. The van der Waals surface area contributed by atoms with Crippen LogP contribution in [-0.2, 0) is 0 Å². The van der Waals surface area contributed by atoms with Crippen LogP contribution in [0.5, 0.6) is 0 Å². The summed E-state index contributed by atoms with van der Waals surface area (Å²) >= 11 is 3.30. The van der Waals surface area contributed by atoms with Crippen molar-refractivity contribution in [1.82, 2.24) is 10.2 Å². The van der Waals surface area contributed by atoms with Crippen LogP contribution in [0.4, 0.5) is 5.69 Å². The van der Waals surface area contributed by atoms with E-state index in [4.69, 9.17) is 0 Å². The Balaban J connectivity index is 2.17. The van der Waals surface area contributed by atoms with Gasteiger partial charge in [0.15, 0.2) is 0 Å². The molecule has 0 unspecified atom stereocenters. The number of carbonyl (C=O) groups is 1. The monoisotopic (exact) mass is 293 g/mol. The smallest absolute Gasteiger partial charge is 0.276 e. The Morgan fingerprint density at radius 2 is 2.12 bits per heavy atom. The molecule has 17 heavy (non-hydrogen) atoms. The molecule has 2 N–H and O–H groups in total. The van der Waals surface area contributed by atoms with Crippen LogP contribution < -0.4 is 10.9 Å². The molecule has 0 fully saturated rings. The van der Waals surface area contributed by atoms with Gasteiger partial charge in [0.1, 0.15) is 5.69 Å². The van der Waals surface area contributed by atoms with Crippen molar-refractivity contribution < 1.29 is 4.79 Å². The van der Waals surface area contributed by atoms with Gasteiger partial charge in [0.05, 0.1) is 0 Å². The average molecular weight is 294 g/mol. The summed E-state index contributed by atoms with van der Waals surface area (Å²) in [5.41, 5.74) is 0.464. The first-order chi connectivity index (χ1) is 8.15. The van der Waals surface area contributed by atoms with Crippen molar-refractivity contribution in [2.75, 3.05) is 5.32 Å². The highest BCUT2D eigenvalue weighted by atomic mass is 79.9. The van der Waals surface area contributed by atoms with Crippen molar-refractivity contribution in [1.29, 1.82) is 0 Å². The first-order valence-corrected chi connectivity index (χ1v) is 5.57. The Kier molecular flexibility index (Phi) is 3.34. The quantitative estimate of drug-likeness (QED) is 0.886. The Morgan fingerprint density at radius 3 is 2.76 bits per heavy atom. The van der Waals surface area contributed by atoms with E-state index in [1.54, 1.807) is 18.2 Å². The summed E-state index contributed by atoms with van der Waals surface area (Å²) in [6.45, 7) is 0. The second kappa shape index (κ2) is 4.92. The zero-order valence-corrected chi connectivity index (χ0v) is 10.2. The normalized spacial score (nSPS) is 9.94. The summed E-state index contributed by atoms with van der Waals surface area (Å²) in [5, 5.41) is 8.50. The molecule has 0 aliphatic rings. The van der Waals surface area contributed by atoms with E-state index in [0.29, 0.717) is 5.69 Å². The number of rotatable bonds is 2. The molecule has 1 aromatic heterocycles. The van der Waals surface area contributed by atoms with E-state index in [9.17, 15) is 9.59 Å². The lowest BCUT2D eigenvalue weighted by molar-refractivity contribution is 0.102. The molecule has 6 heteroatoms. The molecule has 2 aromatic rings. The number of aromatic amines is 1. The van der Waals surface area contributed by atoms with Crippen molar-refractivity contribution in [3.63, 3.8) is 0 Å².